The quantitative estimate of drug-likeness (QED) is 0.496. The molecule has 0 aromatic carbocycles. The predicted molar refractivity (Wildman–Crippen MR) is 60.8 cm³/mol. The fourth-order valence-corrected chi connectivity index (χ4v) is 1.79. The molecule has 0 unspecified atom stereocenters. The van der Waals surface area contributed by atoms with E-state index < -0.39 is 59.3 Å². The van der Waals surface area contributed by atoms with Gasteiger partial charge in [-0.3, -0.25) is 5.10 Å². The molecule has 0 bridgehead atoms. The van der Waals surface area contributed by atoms with Crippen molar-refractivity contribution in [1.82, 2.24) is 15.2 Å². The van der Waals surface area contributed by atoms with Gasteiger partial charge < -0.3 is 0 Å². The maximum absolute atomic E-state index is 13.6. The molecule has 31 heavy (non-hydrogen) atoms. The van der Waals surface area contributed by atoms with Crippen molar-refractivity contribution in [3.8, 4) is 0 Å². The molecule has 0 radical (unpaired) electrons. The molecule has 0 aliphatic heterocycles. The minimum atomic E-state index is -8.66. The van der Waals surface area contributed by atoms with E-state index in [0.29, 0.717) is 6.92 Å². The number of nitrogens with one attached hydrogen (secondary N) is 1. The molecule has 0 aliphatic rings. The van der Waals surface area contributed by atoms with E-state index in [9.17, 15) is 74.6 Å². The van der Waals surface area contributed by atoms with Gasteiger partial charge in [0, 0.05) is 0 Å². The molecule has 0 spiro atoms. The molecule has 0 saturated carbocycles. The maximum atomic E-state index is 13.6. The van der Waals surface area contributed by atoms with E-state index in [1.54, 1.807) is 0 Å². The molecule has 1 aromatic rings. The van der Waals surface area contributed by atoms with Crippen LogP contribution in [0.3, 0.4) is 0 Å². The number of rotatable bonds is 7. The predicted octanol–water partition coefficient (Wildman–Crippen LogP) is 5.58. The van der Waals surface area contributed by atoms with Gasteiger partial charge in [-0.15, -0.1) is 0 Å². The van der Waals surface area contributed by atoms with E-state index in [4.69, 9.17) is 0 Å². The van der Waals surface area contributed by atoms with Crippen LogP contribution in [0.1, 0.15) is 11.6 Å². The molecule has 0 atom stereocenters. The first-order valence-corrected chi connectivity index (χ1v) is 6.86. The summed E-state index contributed by atoms with van der Waals surface area (Å²) in [5.41, 5.74) is 0. The van der Waals surface area contributed by atoms with E-state index >= 15 is 0 Å². The molecule has 0 saturated heterocycles. The largest absolute Gasteiger partial charge is 0.460 e. The highest BCUT2D eigenvalue weighted by molar-refractivity contribution is 5.17. The Bertz CT molecular complexity index is 804. The lowest BCUT2D eigenvalue weighted by atomic mass is 9.89. The fraction of sp³-hybridized carbons (Fsp3) is 0.818. The van der Waals surface area contributed by atoms with Gasteiger partial charge in [0.1, 0.15) is 5.82 Å². The molecule has 3 nitrogen and oxygen atoms in total. The lowest BCUT2D eigenvalue weighted by Crippen LogP contribution is -2.74. The summed E-state index contributed by atoms with van der Waals surface area (Å²) in [6, 6.07) is 0. The van der Waals surface area contributed by atoms with Crippen LogP contribution in [0.4, 0.5) is 74.6 Å². The summed E-state index contributed by atoms with van der Waals surface area (Å²) >= 11 is 0. The number of halogens is 17. The topological polar surface area (TPSA) is 41.6 Å². The first kappa shape index (κ1) is 27.0. The molecule has 0 aliphatic carbocycles. The van der Waals surface area contributed by atoms with Gasteiger partial charge in [-0.25, -0.2) is 4.98 Å². The van der Waals surface area contributed by atoms with Crippen molar-refractivity contribution in [2.75, 3.05) is 0 Å². The smallest absolute Gasteiger partial charge is 0.263 e. The van der Waals surface area contributed by atoms with E-state index in [1.165, 1.54) is 5.10 Å². The van der Waals surface area contributed by atoms with Crippen molar-refractivity contribution in [2.45, 2.75) is 54.6 Å². The molecule has 1 aromatic heterocycles. The number of H-pyrrole nitrogens is 1. The summed E-state index contributed by atoms with van der Waals surface area (Å²) in [4.78, 5) is 2.35. The van der Waals surface area contributed by atoms with Crippen LogP contribution in [0.25, 0.3) is 0 Å². The summed E-state index contributed by atoms with van der Waals surface area (Å²) in [6.45, 7) is 0.658. The second-order valence-electron chi connectivity index (χ2n) is 5.76. The molecular weight excluding hydrogens is 497 g/mol. The van der Waals surface area contributed by atoms with E-state index in [0.717, 1.165) is 0 Å². The van der Waals surface area contributed by atoms with Gasteiger partial charge in [-0.2, -0.15) is 79.7 Å². The normalized spacial score (nSPS) is 16.1. The number of hydrogen-bond acceptors (Lipinski definition) is 2. The Balaban J connectivity index is 3.69. The van der Waals surface area contributed by atoms with Gasteiger partial charge in [0.05, 0.1) is 0 Å². The first-order valence-electron chi connectivity index (χ1n) is 6.86. The van der Waals surface area contributed by atoms with E-state index in [1.807, 2.05) is 0 Å². The number of aromatic nitrogens is 3. The zero-order valence-corrected chi connectivity index (χ0v) is 13.8. The summed E-state index contributed by atoms with van der Waals surface area (Å²) in [5, 5.41) is 3.51. The summed E-state index contributed by atoms with van der Waals surface area (Å²) in [5.74, 6) is -60.5. The van der Waals surface area contributed by atoms with Gasteiger partial charge in [0.15, 0.2) is 0 Å². The second-order valence-corrected chi connectivity index (χ2v) is 5.76. The van der Waals surface area contributed by atoms with Crippen LogP contribution >= 0.6 is 0 Å². The third kappa shape index (κ3) is 3.26. The number of nitrogens with zero attached hydrogens (tertiary/aromatic N) is 2. The number of aryl methyl sites for hydroxylation is 1. The van der Waals surface area contributed by atoms with Gasteiger partial charge in [0.25, 0.3) is 0 Å². The van der Waals surface area contributed by atoms with E-state index in [2.05, 4.69) is 10.1 Å². The van der Waals surface area contributed by atoms with E-state index in [-0.39, 0.29) is 0 Å². The third-order valence-electron chi connectivity index (χ3n) is 3.60. The SMILES string of the molecule is Cc1nc(C(F)(F)C(F)(F)C(F)(F)C(F)(F)C(F)(F)C(F)(F)C(F)(F)C(F)(F)F)n[nH]1. The number of alkyl halides is 17. The average Bonchev–Trinajstić information content (AvgIpc) is 2.99. The Morgan fingerprint density at radius 1 is 0.516 bits per heavy atom. The monoisotopic (exact) mass is 501 g/mol. The van der Waals surface area contributed by atoms with Gasteiger partial charge in [0.2, 0.25) is 5.82 Å². The van der Waals surface area contributed by atoms with Crippen LogP contribution < -0.4 is 0 Å². The lowest BCUT2D eigenvalue weighted by Gasteiger charge is -2.42. The molecule has 0 fully saturated rings. The summed E-state index contributed by atoms with van der Waals surface area (Å²) in [7, 11) is 0. The van der Waals surface area contributed by atoms with Crippen molar-refractivity contribution in [3.63, 3.8) is 0 Å². The van der Waals surface area contributed by atoms with Crippen molar-refractivity contribution in [1.29, 1.82) is 0 Å². The Kier molecular flexibility index (Phi) is 5.85. The Morgan fingerprint density at radius 3 is 1.13 bits per heavy atom. The minimum Gasteiger partial charge on any atom is -0.263 e. The maximum Gasteiger partial charge on any atom is 0.460 e. The van der Waals surface area contributed by atoms with Crippen LogP contribution in [0.2, 0.25) is 0 Å². The summed E-state index contributed by atoms with van der Waals surface area (Å²) in [6.07, 6.45) is -7.78. The van der Waals surface area contributed by atoms with Gasteiger partial charge in [-0.1, -0.05) is 0 Å². The highest BCUT2D eigenvalue weighted by Crippen LogP contribution is 2.64. The zero-order valence-electron chi connectivity index (χ0n) is 13.8. The van der Waals surface area contributed by atoms with Crippen LogP contribution in [0.5, 0.6) is 0 Å². The van der Waals surface area contributed by atoms with Crippen molar-refractivity contribution < 1.29 is 74.6 Å². The molecule has 0 amide bonds. The molecule has 1 N–H and O–H groups in total. The van der Waals surface area contributed by atoms with Gasteiger partial charge >= 0.3 is 47.6 Å². The molecule has 1 rings (SSSR count). The van der Waals surface area contributed by atoms with Crippen LogP contribution in [-0.4, -0.2) is 56.9 Å². The molecule has 182 valence electrons. The Hall–Kier alpha value is -2.05. The van der Waals surface area contributed by atoms with Crippen LogP contribution in [0.15, 0.2) is 0 Å². The zero-order chi connectivity index (χ0) is 25.3. The molecule has 20 heteroatoms. The number of aromatic amines is 1. The molecule has 1 heterocycles. The highest BCUT2D eigenvalue weighted by atomic mass is 19.4. The van der Waals surface area contributed by atoms with Crippen LogP contribution in [-0.2, 0) is 5.92 Å². The summed E-state index contributed by atoms with van der Waals surface area (Å²) < 4.78 is 222. The standard InChI is InChI=1S/C11H4F17N3/c1-2-29-3(31-30-2)4(12,13)5(14,15)6(16,17)7(18,19)8(20,21)9(22,23)10(24,25)11(26,27)28/h1H3,(H,29,30,31). The minimum absolute atomic E-state index is 0.658. The van der Waals surface area contributed by atoms with Crippen molar-refractivity contribution in [3.05, 3.63) is 11.6 Å². The fourth-order valence-electron chi connectivity index (χ4n) is 1.79. The Morgan fingerprint density at radius 2 is 0.839 bits per heavy atom. The second kappa shape index (κ2) is 6.72. The van der Waals surface area contributed by atoms with Crippen molar-refractivity contribution >= 4 is 0 Å². The Labute approximate surface area is 157 Å². The molecular formula is C11H4F17N3. The third-order valence-corrected chi connectivity index (χ3v) is 3.60. The van der Waals surface area contributed by atoms with Crippen molar-refractivity contribution in [2.24, 2.45) is 0 Å². The average molecular weight is 501 g/mol. The highest BCUT2D eigenvalue weighted by Gasteiger charge is 2.95. The number of hydrogen-bond donors (Lipinski definition) is 1. The lowest BCUT2D eigenvalue weighted by molar-refractivity contribution is -0.463. The first-order chi connectivity index (χ1) is 13.2. The van der Waals surface area contributed by atoms with Gasteiger partial charge in [-0.05, 0) is 6.92 Å². The van der Waals surface area contributed by atoms with Crippen LogP contribution in [0, 0.1) is 6.92 Å².